The van der Waals surface area contributed by atoms with Crippen LogP contribution in [0.4, 0.5) is 5.69 Å². The van der Waals surface area contributed by atoms with Crippen LogP contribution < -0.4 is 5.56 Å². The molecule has 4 aromatic heterocycles. The van der Waals surface area contributed by atoms with Crippen LogP contribution >= 0.6 is 15.0 Å². The number of aliphatic imine (C=N–C) groups is 1. The SMILES string of the molecule is CN(C)C=Nc1ccnc2c1ccn2[C@H]1C[C@H](OP(=S)(OCCC#N)OC[C@H]2O[C@@H](n3ccc(=O)n4ccnc34)[C@H](O[P+](=O)O)[C@@H]2O[Si](C)(C)C(C)(C)C)[C@@H](CO)O1. The van der Waals surface area contributed by atoms with Crippen LogP contribution in [0.3, 0.4) is 0 Å². The zero-order valence-electron chi connectivity index (χ0n) is 33.2. The number of nitrogens with zero attached hydrogens (tertiary/aromatic N) is 8. The van der Waals surface area contributed by atoms with E-state index in [0.29, 0.717) is 5.65 Å². The second kappa shape index (κ2) is 18.1. The predicted molar refractivity (Wildman–Crippen MR) is 219 cm³/mol. The van der Waals surface area contributed by atoms with E-state index in [4.69, 9.17) is 43.8 Å². The van der Waals surface area contributed by atoms with Crippen LogP contribution in [0.2, 0.25) is 18.1 Å². The molecule has 2 aliphatic heterocycles. The van der Waals surface area contributed by atoms with Crippen molar-refractivity contribution in [3.8, 4) is 6.07 Å². The topological polar surface area (TPSA) is 219 Å². The summed E-state index contributed by atoms with van der Waals surface area (Å²) < 4.78 is 61.3. The lowest BCUT2D eigenvalue weighted by Gasteiger charge is -2.40. The number of imidazole rings is 1. The standard InChI is InChI=1S/C35H48N8O11P2SSi/c1-35(2,3)58(6,7)54-30-27(51-33(31(30)52-55(46)47)43-16-11-28(45)41-17-14-38-34(41)43)21-49-56(57,48-18-8-12-36)53-25-19-29(50-26(25)20-44)42-15-10-23-24(39-22-40(4)5)9-13-37-32(23)42/h9-11,13-17,22,25-27,29-31,33,44H,8,18-21H2,1-7H3/p+1/t25-,26+,27+,29+,30+,31+,33+,56?/m0/s1. The van der Waals surface area contributed by atoms with E-state index < -0.39 is 72.9 Å². The lowest BCUT2D eigenvalue weighted by molar-refractivity contribution is -0.0545. The number of pyridine rings is 1. The summed E-state index contributed by atoms with van der Waals surface area (Å²) in [5, 5.41) is 20.3. The minimum absolute atomic E-state index is 0.0107. The zero-order valence-corrected chi connectivity index (χ0v) is 36.8. The molecular weight excluding hydrogens is 831 g/mol. The molecule has 6 heterocycles. The quantitative estimate of drug-likeness (QED) is 0.0473. The zero-order chi connectivity index (χ0) is 42.0. The minimum Gasteiger partial charge on any atom is -0.408 e. The Labute approximate surface area is 342 Å². The van der Waals surface area contributed by atoms with E-state index in [0.717, 1.165) is 11.1 Å². The summed E-state index contributed by atoms with van der Waals surface area (Å²) in [6.07, 6.45) is 3.30. The third-order valence-electron chi connectivity index (χ3n) is 10.3. The third kappa shape index (κ3) is 9.66. The number of rotatable bonds is 17. The molecule has 23 heteroatoms. The molecule has 314 valence electrons. The molecule has 2 N–H and O–H groups in total. The van der Waals surface area contributed by atoms with Gasteiger partial charge in [0.25, 0.3) is 5.56 Å². The fourth-order valence-corrected chi connectivity index (χ4v) is 10.3. The summed E-state index contributed by atoms with van der Waals surface area (Å²) in [6, 6.07) is 7.05. The summed E-state index contributed by atoms with van der Waals surface area (Å²) in [5.74, 6) is 0.203. The van der Waals surface area contributed by atoms with Gasteiger partial charge >= 0.3 is 15.0 Å². The number of nitriles is 1. The highest BCUT2D eigenvalue weighted by atomic mass is 32.5. The highest BCUT2D eigenvalue weighted by Crippen LogP contribution is 2.55. The molecule has 2 fully saturated rings. The number of ether oxygens (including phenoxy) is 2. The van der Waals surface area contributed by atoms with Crippen molar-refractivity contribution < 1.29 is 46.6 Å². The summed E-state index contributed by atoms with van der Waals surface area (Å²) in [4.78, 5) is 38.0. The number of hydrogen-bond donors (Lipinski definition) is 2. The van der Waals surface area contributed by atoms with Gasteiger partial charge in [0.2, 0.25) is 5.78 Å². The Morgan fingerprint density at radius 3 is 2.57 bits per heavy atom. The maximum Gasteiger partial charge on any atom is 0.695 e. The van der Waals surface area contributed by atoms with Crippen molar-refractivity contribution in [2.24, 2.45) is 4.99 Å². The second-order valence-corrected chi connectivity index (χ2v) is 24.0. The van der Waals surface area contributed by atoms with E-state index in [-0.39, 0.29) is 42.4 Å². The van der Waals surface area contributed by atoms with Gasteiger partial charge in [-0.15, -0.1) is 9.42 Å². The van der Waals surface area contributed by atoms with E-state index in [1.165, 1.54) is 33.6 Å². The molecule has 0 aromatic carbocycles. The molecular formula is C35H49N8O11P2SSi+. The Bertz CT molecular complexity index is 2280. The van der Waals surface area contributed by atoms with Gasteiger partial charge in [-0.05, 0) is 42.1 Å². The largest absolute Gasteiger partial charge is 0.695 e. The van der Waals surface area contributed by atoms with Gasteiger partial charge in [0, 0.05) is 67.5 Å². The van der Waals surface area contributed by atoms with Crippen molar-refractivity contribution in [2.45, 2.75) is 94.7 Å². The highest BCUT2D eigenvalue weighted by molar-refractivity contribution is 8.07. The summed E-state index contributed by atoms with van der Waals surface area (Å²) in [7, 11) is -2.05. The van der Waals surface area contributed by atoms with Gasteiger partial charge in [-0.3, -0.25) is 13.8 Å². The molecule has 2 unspecified atom stereocenters. The van der Waals surface area contributed by atoms with Crippen LogP contribution in [0.1, 0.15) is 46.1 Å². The van der Waals surface area contributed by atoms with Crippen molar-refractivity contribution in [3.63, 3.8) is 0 Å². The van der Waals surface area contributed by atoms with Crippen molar-refractivity contribution in [3.05, 3.63) is 59.5 Å². The minimum atomic E-state index is -3.76. The number of aliphatic hydroxyl groups is 1. The van der Waals surface area contributed by atoms with Gasteiger partial charge in [-0.2, -0.15) is 5.26 Å². The van der Waals surface area contributed by atoms with E-state index in [1.54, 1.807) is 12.5 Å². The van der Waals surface area contributed by atoms with Crippen molar-refractivity contribution >= 4 is 63.9 Å². The molecule has 2 aliphatic rings. The Morgan fingerprint density at radius 1 is 1.12 bits per heavy atom. The maximum atomic E-state index is 12.6. The smallest absolute Gasteiger partial charge is 0.408 e. The Kier molecular flexibility index (Phi) is 13.8. The number of aliphatic hydroxyl groups excluding tert-OH is 1. The summed E-state index contributed by atoms with van der Waals surface area (Å²) in [6.45, 7) is 5.61. The van der Waals surface area contributed by atoms with Gasteiger partial charge in [-0.1, -0.05) is 20.8 Å². The molecule has 9 atom stereocenters. The Balaban J connectivity index is 1.29. The molecule has 4 aromatic rings. The molecule has 0 radical (unpaired) electrons. The van der Waals surface area contributed by atoms with Crippen LogP contribution in [0.25, 0.3) is 16.8 Å². The van der Waals surface area contributed by atoms with Crippen LogP contribution in [0.15, 0.2) is 59.0 Å². The van der Waals surface area contributed by atoms with E-state index in [2.05, 4.69) is 15.0 Å². The number of aromatic nitrogens is 5. The van der Waals surface area contributed by atoms with E-state index in [9.17, 15) is 24.6 Å². The van der Waals surface area contributed by atoms with Gasteiger partial charge < -0.3 is 42.0 Å². The van der Waals surface area contributed by atoms with Crippen molar-refractivity contribution in [1.29, 1.82) is 5.26 Å². The van der Waals surface area contributed by atoms with E-state index in [1.807, 2.05) is 81.8 Å². The van der Waals surface area contributed by atoms with Gasteiger partial charge in [0.15, 0.2) is 20.6 Å². The van der Waals surface area contributed by atoms with E-state index >= 15 is 0 Å². The molecule has 0 amide bonds. The first kappa shape index (κ1) is 44.2. The summed E-state index contributed by atoms with van der Waals surface area (Å²) >= 11 is 5.97. The molecule has 2 saturated heterocycles. The second-order valence-electron chi connectivity index (χ2n) is 15.5. The maximum absolute atomic E-state index is 12.6. The highest BCUT2D eigenvalue weighted by Gasteiger charge is 2.55. The predicted octanol–water partition coefficient (Wildman–Crippen LogP) is 4.93. The fourth-order valence-electron chi connectivity index (χ4n) is 6.43. The van der Waals surface area contributed by atoms with Crippen molar-refractivity contribution in [1.82, 2.24) is 28.4 Å². The van der Waals surface area contributed by atoms with Gasteiger partial charge in [-0.25, -0.2) is 15.0 Å². The van der Waals surface area contributed by atoms with Gasteiger partial charge in [0.1, 0.15) is 30.2 Å². The van der Waals surface area contributed by atoms with Crippen LogP contribution in [-0.4, -0.2) is 117 Å². The summed E-state index contributed by atoms with van der Waals surface area (Å²) in [5.41, 5.74) is 1.000. The average Bonchev–Trinajstić information content (AvgIpc) is 3.96. The monoisotopic (exact) mass is 879 g/mol. The molecule has 0 aliphatic carbocycles. The number of fused-ring (bicyclic) bond motifs is 2. The molecule has 0 bridgehead atoms. The van der Waals surface area contributed by atoms with Crippen LogP contribution in [0, 0.1) is 11.3 Å². The first-order valence-corrected chi connectivity index (χ1v) is 25.1. The van der Waals surface area contributed by atoms with Crippen molar-refractivity contribution in [2.75, 3.05) is 33.9 Å². The van der Waals surface area contributed by atoms with Gasteiger partial charge in [0.05, 0.1) is 50.4 Å². The Morgan fingerprint density at radius 2 is 1.88 bits per heavy atom. The first-order valence-electron chi connectivity index (χ1n) is 18.5. The lowest BCUT2D eigenvalue weighted by Crippen LogP contribution is -2.50. The first-order chi connectivity index (χ1) is 27.4. The van der Waals surface area contributed by atoms with Crippen LogP contribution in [0.5, 0.6) is 0 Å². The molecule has 58 heavy (non-hydrogen) atoms. The Hall–Kier alpha value is -3.32. The molecule has 0 spiro atoms. The third-order valence-corrected chi connectivity index (χ3v) is 17.6. The molecule has 6 rings (SSSR count). The average molecular weight is 880 g/mol. The lowest BCUT2D eigenvalue weighted by atomic mass is 10.1. The molecule has 0 saturated carbocycles. The van der Waals surface area contributed by atoms with Crippen LogP contribution in [-0.2, 0) is 48.4 Å². The molecule has 19 nitrogen and oxygen atoms in total. The fraction of sp³-hybridized carbons (Fsp3) is 0.571. The number of hydrogen-bond acceptors (Lipinski definition) is 15. The normalized spacial score (nSPS) is 25.4.